The van der Waals surface area contributed by atoms with Crippen molar-refractivity contribution in [2.24, 2.45) is 0 Å². The van der Waals surface area contributed by atoms with Crippen molar-refractivity contribution in [3.63, 3.8) is 0 Å². The molecule has 0 spiro atoms. The summed E-state index contributed by atoms with van der Waals surface area (Å²) in [6, 6.07) is 10.6. The van der Waals surface area contributed by atoms with E-state index in [1.54, 1.807) is 30.3 Å². The van der Waals surface area contributed by atoms with Crippen molar-refractivity contribution in [2.45, 2.75) is 6.18 Å². The molecule has 0 saturated carbocycles. The Bertz CT molecular complexity index is 695. The number of benzene rings is 2. The normalized spacial score (nSPS) is 11.5. The Hall–Kier alpha value is -2.47. The minimum Gasteiger partial charge on any atom is -0.314 e. The zero-order chi connectivity index (χ0) is 16.9. The number of halogens is 4. The molecule has 3 nitrogen and oxygen atoms in total. The predicted molar refractivity (Wildman–Crippen MR) is 84.1 cm³/mol. The van der Waals surface area contributed by atoms with E-state index in [4.69, 9.17) is 11.6 Å². The van der Waals surface area contributed by atoms with Gasteiger partial charge in [-0.25, -0.2) is 4.79 Å². The molecular weight excluding hydrogens is 329 g/mol. The number of hydrogen-bond donors (Lipinski definition) is 2. The summed E-state index contributed by atoms with van der Waals surface area (Å²) in [6.07, 6.45) is -1.33. The summed E-state index contributed by atoms with van der Waals surface area (Å²) in [5.74, 6) is 0. The van der Waals surface area contributed by atoms with Gasteiger partial charge in [0.25, 0.3) is 0 Å². The number of urea groups is 1. The second kappa shape index (κ2) is 7.19. The van der Waals surface area contributed by atoms with Gasteiger partial charge >= 0.3 is 12.2 Å². The first-order chi connectivity index (χ1) is 10.8. The smallest absolute Gasteiger partial charge is 0.314 e. The van der Waals surface area contributed by atoms with Crippen LogP contribution in [0.3, 0.4) is 0 Å². The number of nitrogens with one attached hydrogen (secondary N) is 2. The van der Waals surface area contributed by atoms with E-state index in [1.807, 2.05) is 0 Å². The van der Waals surface area contributed by atoms with Crippen molar-refractivity contribution >= 4 is 29.4 Å². The highest BCUT2D eigenvalue weighted by molar-refractivity contribution is 6.30. The molecule has 7 heteroatoms. The number of hydrogen-bond acceptors (Lipinski definition) is 1. The standard InChI is InChI=1S/C16H12ClF3N2O/c17-13-5-1-11(2-6-13)9-10-21-15(23)22-14-7-3-12(4-8-14)16(18,19)20/h1-10H,(H2,21,22,23)/b10-9+. The first-order valence-electron chi connectivity index (χ1n) is 6.51. The summed E-state index contributed by atoms with van der Waals surface area (Å²) in [5, 5.41) is 5.49. The third-order valence-corrected chi connectivity index (χ3v) is 3.08. The van der Waals surface area contributed by atoms with Crippen molar-refractivity contribution in [2.75, 3.05) is 5.32 Å². The maximum Gasteiger partial charge on any atom is 0.416 e. The van der Waals surface area contributed by atoms with Gasteiger partial charge in [0, 0.05) is 16.9 Å². The summed E-state index contributed by atoms with van der Waals surface area (Å²) in [4.78, 5) is 11.6. The van der Waals surface area contributed by atoms with E-state index in [1.165, 1.54) is 18.3 Å². The molecule has 0 saturated heterocycles. The summed E-state index contributed by atoms with van der Waals surface area (Å²) in [6.45, 7) is 0. The monoisotopic (exact) mass is 340 g/mol. The molecule has 120 valence electrons. The molecule has 0 atom stereocenters. The van der Waals surface area contributed by atoms with Gasteiger partial charge in [-0.05, 0) is 48.0 Å². The molecule has 0 aromatic heterocycles. The van der Waals surface area contributed by atoms with Crippen molar-refractivity contribution in [1.29, 1.82) is 0 Å². The second-order valence-corrected chi connectivity index (χ2v) is 4.99. The van der Waals surface area contributed by atoms with Crippen LogP contribution in [0.1, 0.15) is 11.1 Å². The minimum absolute atomic E-state index is 0.260. The first kappa shape index (κ1) is 16.9. The van der Waals surface area contributed by atoms with E-state index in [9.17, 15) is 18.0 Å². The molecule has 2 rings (SSSR count). The van der Waals surface area contributed by atoms with Gasteiger partial charge in [-0.2, -0.15) is 13.2 Å². The quantitative estimate of drug-likeness (QED) is 0.797. The van der Waals surface area contributed by atoms with Crippen molar-refractivity contribution in [1.82, 2.24) is 5.32 Å². The number of rotatable bonds is 3. The lowest BCUT2D eigenvalue weighted by atomic mass is 10.2. The molecule has 23 heavy (non-hydrogen) atoms. The van der Waals surface area contributed by atoms with Crippen molar-refractivity contribution < 1.29 is 18.0 Å². The Morgan fingerprint density at radius 1 is 1.00 bits per heavy atom. The highest BCUT2D eigenvalue weighted by Crippen LogP contribution is 2.29. The summed E-state index contributed by atoms with van der Waals surface area (Å²) < 4.78 is 37.3. The van der Waals surface area contributed by atoms with Gasteiger partial charge in [-0.3, -0.25) is 0 Å². The van der Waals surface area contributed by atoms with Crippen LogP contribution in [-0.2, 0) is 6.18 Å². The van der Waals surface area contributed by atoms with Crippen LogP contribution < -0.4 is 10.6 Å². The molecule has 0 aliphatic heterocycles. The van der Waals surface area contributed by atoms with Crippen LogP contribution >= 0.6 is 11.6 Å². The molecule has 0 fully saturated rings. The van der Waals surface area contributed by atoms with Gasteiger partial charge < -0.3 is 10.6 Å². The van der Waals surface area contributed by atoms with Crippen LogP contribution in [0.25, 0.3) is 6.08 Å². The average molecular weight is 341 g/mol. The molecule has 0 bridgehead atoms. The van der Waals surface area contributed by atoms with Crippen LogP contribution in [-0.4, -0.2) is 6.03 Å². The fraction of sp³-hybridized carbons (Fsp3) is 0.0625. The first-order valence-corrected chi connectivity index (χ1v) is 6.89. The van der Waals surface area contributed by atoms with Gasteiger partial charge in [-0.15, -0.1) is 0 Å². The maximum atomic E-state index is 12.4. The van der Waals surface area contributed by atoms with Crippen LogP contribution in [0.2, 0.25) is 5.02 Å². The van der Waals surface area contributed by atoms with E-state index < -0.39 is 17.8 Å². The lowest BCUT2D eigenvalue weighted by Gasteiger charge is -2.08. The fourth-order valence-electron chi connectivity index (χ4n) is 1.70. The molecule has 0 aliphatic carbocycles. The molecule has 0 unspecified atom stereocenters. The maximum absolute atomic E-state index is 12.4. The van der Waals surface area contributed by atoms with E-state index in [0.717, 1.165) is 17.7 Å². The van der Waals surface area contributed by atoms with E-state index in [2.05, 4.69) is 10.6 Å². The van der Waals surface area contributed by atoms with E-state index in [0.29, 0.717) is 5.02 Å². The molecule has 0 heterocycles. The highest BCUT2D eigenvalue weighted by Gasteiger charge is 2.29. The Balaban J connectivity index is 1.88. The number of carbonyl (C=O) groups excluding carboxylic acids is 1. The zero-order valence-corrected chi connectivity index (χ0v) is 12.4. The van der Waals surface area contributed by atoms with Crippen LogP contribution in [0.4, 0.5) is 23.7 Å². The summed E-state index contributed by atoms with van der Waals surface area (Å²) in [5.41, 5.74) is 0.325. The lowest BCUT2D eigenvalue weighted by Crippen LogP contribution is -2.23. The third kappa shape index (κ3) is 5.34. The fourth-order valence-corrected chi connectivity index (χ4v) is 1.82. The number of carbonyl (C=O) groups is 1. The van der Waals surface area contributed by atoms with Crippen molar-refractivity contribution in [3.05, 3.63) is 70.9 Å². The van der Waals surface area contributed by atoms with Crippen LogP contribution in [0.5, 0.6) is 0 Å². The molecule has 2 N–H and O–H groups in total. The molecular formula is C16H12ClF3N2O. The highest BCUT2D eigenvalue weighted by atomic mass is 35.5. The average Bonchev–Trinajstić information content (AvgIpc) is 2.49. The van der Waals surface area contributed by atoms with E-state index >= 15 is 0 Å². The van der Waals surface area contributed by atoms with Gasteiger partial charge in [0.1, 0.15) is 0 Å². The van der Waals surface area contributed by atoms with E-state index in [-0.39, 0.29) is 5.69 Å². The van der Waals surface area contributed by atoms with Gasteiger partial charge in [-0.1, -0.05) is 23.7 Å². The Morgan fingerprint density at radius 2 is 1.61 bits per heavy atom. The topological polar surface area (TPSA) is 41.1 Å². The third-order valence-electron chi connectivity index (χ3n) is 2.83. The summed E-state index contributed by atoms with van der Waals surface area (Å²) in [7, 11) is 0. The molecule has 2 amide bonds. The number of amides is 2. The van der Waals surface area contributed by atoms with Gasteiger partial charge in [0.05, 0.1) is 5.56 Å². The molecule has 0 radical (unpaired) electrons. The second-order valence-electron chi connectivity index (χ2n) is 4.56. The Labute approximate surface area is 135 Å². The SMILES string of the molecule is O=C(N/C=C/c1ccc(Cl)cc1)Nc1ccc(C(F)(F)F)cc1. The molecule has 2 aromatic carbocycles. The minimum atomic E-state index is -4.40. The summed E-state index contributed by atoms with van der Waals surface area (Å²) >= 11 is 5.75. The van der Waals surface area contributed by atoms with Gasteiger partial charge in [0.15, 0.2) is 0 Å². The number of anilines is 1. The number of alkyl halides is 3. The van der Waals surface area contributed by atoms with Crippen LogP contribution in [0, 0.1) is 0 Å². The van der Waals surface area contributed by atoms with Gasteiger partial charge in [0.2, 0.25) is 0 Å². The molecule has 2 aromatic rings. The lowest BCUT2D eigenvalue weighted by molar-refractivity contribution is -0.137. The molecule has 0 aliphatic rings. The largest absolute Gasteiger partial charge is 0.416 e. The Morgan fingerprint density at radius 3 is 2.17 bits per heavy atom. The zero-order valence-electron chi connectivity index (χ0n) is 11.7. The predicted octanol–water partition coefficient (Wildman–Crippen LogP) is 5.15. The Kier molecular flexibility index (Phi) is 5.28. The van der Waals surface area contributed by atoms with Crippen molar-refractivity contribution in [3.8, 4) is 0 Å². The van der Waals surface area contributed by atoms with Crippen LogP contribution in [0.15, 0.2) is 54.7 Å².